The zero-order valence-electron chi connectivity index (χ0n) is 8.96. The molecule has 0 amide bonds. The van der Waals surface area contributed by atoms with Crippen LogP contribution in [-0.4, -0.2) is 5.11 Å². The predicted molar refractivity (Wildman–Crippen MR) is 76.9 cm³/mol. The van der Waals surface area contributed by atoms with Gasteiger partial charge in [0.2, 0.25) is 0 Å². The Morgan fingerprint density at radius 1 is 1.28 bits per heavy atom. The van der Waals surface area contributed by atoms with Gasteiger partial charge in [0, 0.05) is 6.42 Å². The first-order chi connectivity index (χ1) is 8.49. The normalized spacial score (nSPS) is 12.7. The van der Waals surface area contributed by atoms with Crippen LogP contribution in [0.5, 0.6) is 0 Å². The first-order valence-electron chi connectivity index (χ1n) is 5.04. The maximum absolute atomic E-state index is 13.3. The van der Waals surface area contributed by atoms with E-state index in [0.717, 1.165) is 4.47 Å². The highest BCUT2D eigenvalue weighted by molar-refractivity contribution is 9.13. The lowest BCUT2D eigenvalue weighted by atomic mass is 10.1. The number of hydrogen-bond donors (Lipinski definition) is 1. The Balaban J connectivity index is 2.21. The molecule has 1 N–H and O–H groups in total. The summed E-state index contributed by atoms with van der Waals surface area (Å²) in [6.45, 7) is 0. The summed E-state index contributed by atoms with van der Waals surface area (Å²) in [6, 6.07) is 6.40. The van der Waals surface area contributed by atoms with Crippen molar-refractivity contribution in [3.8, 4) is 0 Å². The van der Waals surface area contributed by atoms with Gasteiger partial charge in [-0.05, 0) is 65.5 Å². The average Bonchev–Trinajstić information content (AvgIpc) is 2.66. The molecule has 1 aromatic carbocycles. The van der Waals surface area contributed by atoms with Crippen molar-refractivity contribution in [2.75, 3.05) is 0 Å². The number of hydrogen-bond acceptors (Lipinski definition) is 2. The minimum atomic E-state index is -0.828. The van der Waals surface area contributed by atoms with E-state index < -0.39 is 6.10 Å². The fraction of sp³-hybridized carbons (Fsp3) is 0.167. The summed E-state index contributed by atoms with van der Waals surface area (Å²) in [5.41, 5.74) is 0.686. The second-order valence-corrected chi connectivity index (χ2v) is 6.07. The molecule has 0 fully saturated rings. The van der Waals surface area contributed by atoms with E-state index in [0.29, 0.717) is 20.5 Å². The van der Waals surface area contributed by atoms with E-state index in [2.05, 4.69) is 47.8 Å². The summed E-state index contributed by atoms with van der Waals surface area (Å²) in [7, 11) is 0. The van der Waals surface area contributed by atoms with Crippen molar-refractivity contribution in [1.29, 1.82) is 0 Å². The molecule has 2 rings (SSSR count). The highest BCUT2D eigenvalue weighted by Crippen LogP contribution is 2.32. The average molecular weight is 443 g/mol. The first kappa shape index (κ1) is 14.2. The Kier molecular flexibility index (Phi) is 4.64. The topological polar surface area (TPSA) is 33.4 Å². The van der Waals surface area contributed by atoms with Crippen LogP contribution in [0.15, 0.2) is 42.3 Å². The Morgan fingerprint density at radius 2 is 2.00 bits per heavy atom. The SMILES string of the molecule is OC(Cc1cccc(F)c1Br)c1cc(Br)c(Br)o1. The third-order valence-corrected chi connectivity index (χ3v) is 5.04. The summed E-state index contributed by atoms with van der Waals surface area (Å²) in [6.07, 6.45) is -0.559. The van der Waals surface area contributed by atoms with E-state index in [1.165, 1.54) is 6.07 Å². The molecule has 0 aliphatic rings. The predicted octanol–water partition coefficient (Wildman–Crippen LogP) is 4.98. The minimum Gasteiger partial charge on any atom is -0.450 e. The van der Waals surface area contributed by atoms with E-state index >= 15 is 0 Å². The van der Waals surface area contributed by atoms with Crippen LogP contribution in [0.3, 0.4) is 0 Å². The van der Waals surface area contributed by atoms with E-state index in [9.17, 15) is 9.50 Å². The van der Waals surface area contributed by atoms with E-state index in [4.69, 9.17) is 4.42 Å². The molecule has 1 atom stereocenters. The van der Waals surface area contributed by atoms with Crippen LogP contribution in [0.1, 0.15) is 17.4 Å². The number of furan rings is 1. The molecule has 1 unspecified atom stereocenters. The maximum Gasteiger partial charge on any atom is 0.183 e. The molecular formula is C12H8Br3FO2. The number of rotatable bonds is 3. The summed E-state index contributed by atoms with van der Waals surface area (Å²) < 4.78 is 20.3. The van der Waals surface area contributed by atoms with E-state index in [1.807, 2.05) is 0 Å². The van der Waals surface area contributed by atoms with Crippen molar-refractivity contribution < 1.29 is 13.9 Å². The summed E-state index contributed by atoms with van der Waals surface area (Å²) in [5, 5.41) is 10.0. The van der Waals surface area contributed by atoms with Crippen molar-refractivity contribution in [3.63, 3.8) is 0 Å². The molecule has 18 heavy (non-hydrogen) atoms. The number of aliphatic hydroxyl groups excluding tert-OH is 1. The fourth-order valence-electron chi connectivity index (χ4n) is 1.54. The monoisotopic (exact) mass is 440 g/mol. The zero-order valence-corrected chi connectivity index (χ0v) is 13.7. The second-order valence-electron chi connectivity index (χ2n) is 3.70. The number of halogens is 4. The van der Waals surface area contributed by atoms with Gasteiger partial charge in [0.1, 0.15) is 17.7 Å². The second kappa shape index (κ2) is 5.86. The van der Waals surface area contributed by atoms with Crippen LogP contribution >= 0.6 is 47.8 Å². The molecule has 0 bridgehead atoms. The minimum absolute atomic E-state index is 0.269. The Hall–Kier alpha value is -0.170. The molecule has 0 saturated heterocycles. The quantitative estimate of drug-likeness (QED) is 0.727. The largest absolute Gasteiger partial charge is 0.450 e. The van der Waals surface area contributed by atoms with Crippen molar-refractivity contribution in [2.45, 2.75) is 12.5 Å². The van der Waals surface area contributed by atoms with Crippen LogP contribution in [0.4, 0.5) is 4.39 Å². The molecule has 1 aromatic heterocycles. The van der Waals surface area contributed by atoms with Gasteiger partial charge in [0.15, 0.2) is 4.67 Å². The van der Waals surface area contributed by atoms with Crippen LogP contribution in [0.25, 0.3) is 0 Å². The Labute approximate surface area is 129 Å². The van der Waals surface area contributed by atoms with Crippen molar-refractivity contribution in [2.24, 2.45) is 0 Å². The van der Waals surface area contributed by atoms with Gasteiger partial charge in [0.05, 0.1) is 8.95 Å². The molecule has 2 aromatic rings. The molecule has 0 radical (unpaired) electrons. The lowest BCUT2D eigenvalue weighted by Crippen LogP contribution is -2.01. The Morgan fingerprint density at radius 3 is 2.61 bits per heavy atom. The zero-order chi connectivity index (χ0) is 13.3. The number of aliphatic hydroxyl groups is 1. The smallest absolute Gasteiger partial charge is 0.183 e. The highest BCUT2D eigenvalue weighted by Gasteiger charge is 2.17. The van der Waals surface area contributed by atoms with E-state index in [-0.39, 0.29) is 12.2 Å². The molecule has 0 saturated carbocycles. The van der Waals surface area contributed by atoms with Crippen molar-refractivity contribution in [3.05, 3.63) is 55.0 Å². The lowest BCUT2D eigenvalue weighted by molar-refractivity contribution is 0.148. The standard InChI is InChI=1S/C12H8Br3FO2/c13-7-5-10(18-12(7)15)9(17)4-6-2-1-3-8(16)11(6)14/h1-3,5,9,17H,4H2. The maximum atomic E-state index is 13.3. The molecule has 0 aliphatic carbocycles. The van der Waals surface area contributed by atoms with Crippen LogP contribution < -0.4 is 0 Å². The molecular weight excluding hydrogens is 435 g/mol. The van der Waals surface area contributed by atoms with Crippen LogP contribution in [0.2, 0.25) is 0 Å². The number of benzene rings is 1. The summed E-state index contributed by atoms with van der Waals surface area (Å²) >= 11 is 9.64. The molecule has 96 valence electrons. The fourth-order valence-corrected chi connectivity index (χ4v) is 2.58. The molecule has 0 aliphatic heterocycles. The van der Waals surface area contributed by atoms with E-state index in [1.54, 1.807) is 18.2 Å². The van der Waals surface area contributed by atoms with Crippen molar-refractivity contribution >= 4 is 47.8 Å². The van der Waals surface area contributed by atoms with Gasteiger partial charge in [-0.3, -0.25) is 0 Å². The van der Waals surface area contributed by atoms with Crippen LogP contribution in [-0.2, 0) is 6.42 Å². The lowest BCUT2D eigenvalue weighted by Gasteiger charge is -2.09. The van der Waals surface area contributed by atoms with Gasteiger partial charge < -0.3 is 9.52 Å². The van der Waals surface area contributed by atoms with Gasteiger partial charge in [-0.1, -0.05) is 12.1 Å². The summed E-state index contributed by atoms with van der Waals surface area (Å²) in [5.74, 6) is 0.0754. The summed E-state index contributed by atoms with van der Waals surface area (Å²) in [4.78, 5) is 0. The highest BCUT2D eigenvalue weighted by atomic mass is 79.9. The third kappa shape index (κ3) is 3.04. The Bertz CT molecular complexity index is 549. The molecule has 1 heterocycles. The molecule has 2 nitrogen and oxygen atoms in total. The molecule has 0 spiro atoms. The molecule has 6 heteroatoms. The van der Waals surface area contributed by atoms with Gasteiger partial charge in [-0.15, -0.1) is 0 Å². The van der Waals surface area contributed by atoms with Gasteiger partial charge >= 0.3 is 0 Å². The van der Waals surface area contributed by atoms with Crippen molar-refractivity contribution in [1.82, 2.24) is 0 Å². The van der Waals surface area contributed by atoms with Gasteiger partial charge in [-0.2, -0.15) is 0 Å². The van der Waals surface area contributed by atoms with Gasteiger partial charge in [-0.25, -0.2) is 4.39 Å². The van der Waals surface area contributed by atoms with Gasteiger partial charge in [0.25, 0.3) is 0 Å². The van der Waals surface area contributed by atoms with Crippen LogP contribution in [0, 0.1) is 5.82 Å². The third-order valence-electron chi connectivity index (χ3n) is 2.44. The first-order valence-corrected chi connectivity index (χ1v) is 7.42.